The average Bonchev–Trinajstić information content (AvgIpc) is 2.87. The molecule has 0 aliphatic carbocycles. The standard InChI is InChI=1S/C13H13N3O3S/c1-2-19-11(17)7-9-8-20-13(15-9)16-12(18)10-5-3-4-6-14-10/h3-6,8H,2,7H2,1H3,(H,15,16,18). The number of pyridine rings is 1. The Bertz CT molecular complexity index is 598. The minimum Gasteiger partial charge on any atom is -0.466 e. The van der Waals surface area contributed by atoms with E-state index in [9.17, 15) is 9.59 Å². The highest BCUT2D eigenvalue weighted by Crippen LogP contribution is 2.16. The van der Waals surface area contributed by atoms with Crippen molar-refractivity contribution in [2.75, 3.05) is 11.9 Å². The van der Waals surface area contributed by atoms with Crippen LogP contribution in [-0.2, 0) is 16.0 Å². The number of anilines is 1. The number of nitrogens with zero attached hydrogens (tertiary/aromatic N) is 2. The Balaban J connectivity index is 1.96. The molecule has 0 saturated heterocycles. The predicted octanol–water partition coefficient (Wildman–Crippen LogP) is 1.90. The van der Waals surface area contributed by atoms with Crippen molar-refractivity contribution in [1.82, 2.24) is 9.97 Å². The molecule has 2 rings (SSSR count). The summed E-state index contributed by atoms with van der Waals surface area (Å²) < 4.78 is 4.83. The minimum absolute atomic E-state index is 0.101. The molecule has 0 spiro atoms. The first-order valence-electron chi connectivity index (χ1n) is 6.01. The normalized spacial score (nSPS) is 10.1. The number of esters is 1. The zero-order valence-corrected chi connectivity index (χ0v) is 11.6. The van der Waals surface area contributed by atoms with E-state index in [1.165, 1.54) is 11.3 Å². The van der Waals surface area contributed by atoms with Crippen molar-refractivity contribution in [1.29, 1.82) is 0 Å². The maximum absolute atomic E-state index is 11.8. The van der Waals surface area contributed by atoms with E-state index in [1.54, 1.807) is 36.7 Å². The van der Waals surface area contributed by atoms with Crippen molar-refractivity contribution in [2.24, 2.45) is 0 Å². The lowest BCUT2D eigenvalue weighted by Gasteiger charge is -2.00. The summed E-state index contributed by atoms with van der Waals surface area (Å²) in [7, 11) is 0. The molecule has 2 aromatic rings. The van der Waals surface area contributed by atoms with Crippen molar-refractivity contribution >= 4 is 28.3 Å². The molecule has 0 aliphatic rings. The lowest BCUT2D eigenvalue weighted by molar-refractivity contribution is -0.142. The van der Waals surface area contributed by atoms with Gasteiger partial charge in [-0.05, 0) is 19.1 Å². The largest absolute Gasteiger partial charge is 0.466 e. The quantitative estimate of drug-likeness (QED) is 0.851. The van der Waals surface area contributed by atoms with E-state index in [4.69, 9.17) is 4.74 Å². The van der Waals surface area contributed by atoms with Crippen LogP contribution in [0.25, 0.3) is 0 Å². The molecular formula is C13H13N3O3S. The van der Waals surface area contributed by atoms with Gasteiger partial charge in [0.05, 0.1) is 18.7 Å². The monoisotopic (exact) mass is 291 g/mol. The zero-order chi connectivity index (χ0) is 14.4. The number of ether oxygens (including phenoxy) is 1. The SMILES string of the molecule is CCOC(=O)Cc1csc(NC(=O)c2ccccn2)n1. The van der Waals surface area contributed by atoms with Gasteiger partial charge in [0.2, 0.25) is 0 Å². The maximum Gasteiger partial charge on any atom is 0.311 e. The van der Waals surface area contributed by atoms with Gasteiger partial charge in [-0.1, -0.05) is 6.07 Å². The molecular weight excluding hydrogens is 278 g/mol. The van der Waals surface area contributed by atoms with Gasteiger partial charge in [0.1, 0.15) is 5.69 Å². The molecule has 1 amide bonds. The highest BCUT2D eigenvalue weighted by Gasteiger charge is 2.11. The molecule has 0 atom stereocenters. The molecule has 0 radical (unpaired) electrons. The second kappa shape index (κ2) is 6.76. The molecule has 2 heterocycles. The van der Waals surface area contributed by atoms with E-state index in [2.05, 4.69) is 15.3 Å². The summed E-state index contributed by atoms with van der Waals surface area (Å²) in [6.45, 7) is 2.09. The number of thiazole rings is 1. The van der Waals surface area contributed by atoms with E-state index in [-0.39, 0.29) is 18.3 Å². The van der Waals surface area contributed by atoms with Crippen LogP contribution in [0, 0.1) is 0 Å². The summed E-state index contributed by atoms with van der Waals surface area (Å²) in [6, 6.07) is 5.08. The van der Waals surface area contributed by atoms with Crippen LogP contribution in [0.3, 0.4) is 0 Å². The van der Waals surface area contributed by atoms with Crippen LogP contribution in [-0.4, -0.2) is 28.5 Å². The van der Waals surface area contributed by atoms with E-state index in [0.717, 1.165) is 0 Å². The summed E-state index contributed by atoms with van der Waals surface area (Å²) in [6.07, 6.45) is 1.65. The summed E-state index contributed by atoms with van der Waals surface area (Å²) >= 11 is 1.25. The molecule has 0 unspecified atom stereocenters. The Kier molecular flexibility index (Phi) is 4.78. The third kappa shape index (κ3) is 3.86. The lowest BCUT2D eigenvalue weighted by Crippen LogP contribution is -2.13. The molecule has 1 N–H and O–H groups in total. The number of hydrogen-bond acceptors (Lipinski definition) is 6. The fourth-order valence-electron chi connectivity index (χ4n) is 1.46. The molecule has 104 valence electrons. The Hall–Kier alpha value is -2.28. The molecule has 0 bridgehead atoms. The van der Waals surface area contributed by atoms with Crippen LogP contribution < -0.4 is 5.32 Å². The van der Waals surface area contributed by atoms with Crippen molar-refractivity contribution < 1.29 is 14.3 Å². The summed E-state index contributed by atoms with van der Waals surface area (Å²) in [5.41, 5.74) is 0.888. The van der Waals surface area contributed by atoms with E-state index < -0.39 is 0 Å². The van der Waals surface area contributed by atoms with Crippen molar-refractivity contribution in [3.63, 3.8) is 0 Å². The molecule has 0 fully saturated rings. The Morgan fingerprint density at radius 2 is 2.25 bits per heavy atom. The summed E-state index contributed by atoms with van der Waals surface area (Å²) in [5, 5.41) is 4.78. The molecule has 20 heavy (non-hydrogen) atoms. The molecule has 7 heteroatoms. The fourth-order valence-corrected chi connectivity index (χ4v) is 2.17. The molecule has 6 nitrogen and oxygen atoms in total. The number of aromatic nitrogens is 2. The van der Waals surface area contributed by atoms with Gasteiger partial charge in [-0.3, -0.25) is 19.9 Å². The van der Waals surface area contributed by atoms with Gasteiger partial charge in [0.15, 0.2) is 5.13 Å². The van der Waals surface area contributed by atoms with Crippen LogP contribution in [0.15, 0.2) is 29.8 Å². The topological polar surface area (TPSA) is 81.2 Å². The van der Waals surface area contributed by atoms with Crippen LogP contribution in [0.4, 0.5) is 5.13 Å². The number of amides is 1. The third-order valence-electron chi connectivity index (χ3n) is 2.30. The average molecular weight is 291 g/mol. The van der Waals surface area contributed by atoms with Gasteiger partial charge >= 0.3 is 5.97 Å². The molecule has 2 aromatic heterocycles. The van der Waals surface area contributed by atoms with Crippen LogP contribution >= 0.6 is 11.3 Å². The van der Waals surface area contributed by atoms with Crippen LogP contribution in [0.1, 0.15) is 23.1 Å². The first-order chi connectivity index (χ1) is 9.69. The minimum atomic E-state index is -0.333. The van der Waals surface area contributed by atoms with Crippen molar-refractivity contribution in [3.05, 3.63) is 41.2 Å². The van der Waals surface area contributed by atoms with Gasteiger partial charge in [-0.25, -0.2) is 4.98 Å². The molecule has 0 aromatic carbocycles. The first-order valence-corrected chi connectivity index (χ1v) is 6.89. The van der Waals surface area contributed by atoms with Crippen LogP contribution in [0.5, 0.6) is 0 Å². The molecule has 0 aliphatic heterocycles. The number of carbonyl (C=O) groups excluding carboxylic acids is 2. The fraction of sp³-hybridized carbons (Fsp3) is 0.231. The predicted molar refractivity (Wildman–Crippen MR) is 74.6 cm³/mol. The Morgan fingerprint density at radius 1 is 1.40 bits per heavy atom. The number of carbonyl (C=O) groups is 2. The number of hydrogen-bond donors (Lipinski definition) is 1. The van der Waals surface area contributed by atoms with Gasteiger partial charge in [-0.2, -0.15) is 0 Å². The van der Waals surface area contributed by atoms with E-state index in [0.29, 0.717) is 23.1 Å². The highest BCUT2D eigenvalue weighted by molar-refractivity contribution is 7.14. The Morgan fingerprint density at radius 3 is 2.95 bits per heavy atom. The number of nitrogens with one attached hydrogen (secondary N) is 1. The second-order valence-electron chi connectivity index (χ2n) is 3.79. The summed E-state index contributed by atoms with van der Waals surface area (Å²) in [4.78, 5) is 31.3. The lowest BCUT2D eigenvalue weighted by atomic mass is 10.3. The van der Waals surface area contributed by atoms with E-state index >= 15 is 0 Å². The second-order valence-corrected chi connectivity index (χ2v) is 4.65. The van der Waals surface area contributed by atoms with E-state index in [1.807, 2.05) is 0 Å². The van der Waals surface area contributed by atoms with Gasteiger partial charge in [0, 0.05) is 11.6 Å². The van der Waals surface area contributed by atoms with Gasteiger partial charge in [0.25, 0.3) is 5.91 Å². The smallest absolute Gasteiger partial charge is 0.311 e. The highest BCUT2D eigenvalue weighted by atomic mass is 32.1. The first kappa shape index (κ1) is 14.1. The zero-order valence-electron chi connectivity index (χ0n) is 10.8. The Labute approximate surface area is 119 Å². The maximum atomic E-state index is 11.8. The van der Waals surface area contributed by atoms with Gasteiger partial charge < -0.3 is 4.74 Å². The number of rotatable bonds is 5. The van der Waals surface area contributed by atoms with Crippen LogP contribution in [0.2, 0.25) is 0 Å². The van der Waals surface area contributed by atoms with Gasteiger partial charge in [-0.15, -0.1) is 11.3 Å². The van der Waals surface area contributed by atoms with Crippen molar-refractivity contribution in [2.45, 2.75) is 13.3 Å². The van der Waals surface area contributed by atoms with Crippen molar-refractivity contribution in [3.8, 4) is 0 Å². The summed E-state index contributed by atoms with van der Waals surface area (Å²) in [5.74, 6) is -0.664. The molecule has 0 saturated carbocycles. The third-order valence-corrected chi connectivity index (χ3v) is 3.11.